The zero-order valence-corrected chi connectivity index (χ0v) is 27.6. The van der Waals surface area contributed by atoms with E-state index in [9.17, 15) is 0 Å². The third kappa shape index (κ3) is 4.40. The highest BCUT2D eigenvalue weighted by Crippen LogP contribution is 2.44. The van der Waals surface area contributed by atoms with Gasteiger partial charge in [0, 0.05) is 72.2 Å². The molecule has 0 saturated heterocycles. The molecule has 8 heteroatoms. The third-order valence-corrected chi connectivity index (χ3v) is 10.6. The van der Waals surface area contributed by atoms with Crippen molar-refractivity contribution in [1.82, 2.24) is 4.98 Å². The second kappa shape index (κ2) is 10.9. The molecule has 0 atom stereocenters. The molecule has 7 nitrogen and oxygen atoms in total. The summed E-state index contributed by atoms with van der Waals surface area (Å²) in [5, 5.41) is 6.57. The van der Waals surface area contributed by atoms with E-state index in [1.807, 2.05) is 77.8 Å². The van der Waals surface area contributed by atoms with Gasteiger partial charge in [-0.15, -0.1) is 11.3 Å². The highest BCUT2D eigenvalue weighted by atomic mass is 32.1. The van der Waals surface area contributed by atoms with Crippen LogP contribution in [0.3, 0.4) is 0 Å². The SMILES string of the molecule is c1coc(N(c2ccc3c(c2)oc2ccccc23)c2ccc3c(c2)sc2cc(N(c4ccc5c(c4)oc4ccccc45)c4ccco4)ncc23)c1. The maximum atomic E-state index is 6.25. The first-order valence-electron chi connectivity index (χ1n) is 16.6. The molecule has 0 aliphatic rings. The van der Waals surface area contributed by atoms with E-state index in [0.717, 1.165) is 86.9 Å². The molecule has 11 aromatic rings. The average Bonchev–Trinajstić information content (AvgIpc) is 4.01. The molecule has 0 amide bonds. The summed E-state index contributed by atoms with van der Waals surface area (Å²) in [6.07, 6.45) is 5.33. The van der Waals surface area contributed by atoms with Gasteiger partial charge in [-0.3, -0.25) is 9.80 Å². The summed E-state index contributed by atoms with van der Waals surface area (Å²) >= 11 is 1.73. The van der Waals surface area contributed by atoms with Gasteiger partial charge in [0.2, 0.25) is 11.8 Å². The summed E-state index contributed by atoms with van der Waals surface area (Å²) in [6.45, 7) is 0. The van der Waals surface area contributed by atoms with Crippen molar-refractivity contribution in [3.05, 3.63) is 152 Å². The summed E-state index contributed by atoms with van der Waals surface area (Å²) in [5.74, 6) is 2.12. The van der Waals surface area contributed by atoms with E-state index in [2.05, 4.69) is 71.6 Å². The minimum Gasteiger partial charge on any atom is -0.456 e. The molecular formula is C43H25N3O4S. The smallest absolute Gasteiger partial charge is 0.205 e. The van der Waals surface area contributed by atoms with Crippen molar-refractivity contribution in [2.24, 2.45) is 0 Å². The highest BCUT2D eigenvalue weighted by Gasteiger charge is 2.21. The lowest BCUT2D eigenvalue weighted by atomic mass is 10.1. The normalized spacial score (nSPS) is 11.9. The van der Waals surface area contributed by atoms with Crippen LogP contribution >= 0.6 is 11.3 Å². The molecule has 11 rings (SSSR count). The lowest BCUT2D eigenvalue weighted by molar-refractivity contribution is 0.573. The Hall–Kier alpha value is -6.77. The standard InChI is InChI=1S/C43H25N3O4S/c1-3-9-35-29(7-1)31-16-13-26(21-37(31)49-35)45(42-11-5-19-47-42)28-15-18-33-34-25-44-41(24-40(34)51-39(33)23-28)46(43-12-6-20-48-43)27-14-17-32-30-8-2-4-10-36(30)50-38(32)22-27/h1-25H. The number of rotatable bonds is 6. The predicted molar refractivity (Wildman–Crippen MR) is 206 cm³/mol. The number of fused-ring (bicyclic) bond motifs is 9. The zero-order valence-electron chi connectivity index (χ0n) is 26.8. The topological polar surface area (TPSA) is 71.9 Å². The Balaban J connectivity index is 1.02. The Morgan fingerprint density at radius 3 is 1.59 bits per heavy atom. The van der Waals surface area contributed by atoms with Crippen molar-refractivity contribution in [2.75, 3.05) is 9.80 Å². The Morgan fingerprint density at radius 2 is 0.961 bits per heavy atom. The van der Waals surface area contributed by atoms with Gasteiger partial charge in [0.25, 0.3) is 0 Å². The van der Waals surface area contributed by atoms with Crippen LogP contribution in [-0.2, 0) is 0 Å². The molecule has 0 bridgehead atoms. The molecule has 0 radical (unpaired) electrons. The molecule has 0 unspecified atom stereocenters. The molecule has 0 saturated carbocycles. The zero-order chi connectivity index (χ0) is 33.5. The number of furan rings is 4. The number of aromatic nitrogens is 1. The van der Waals surface area contributed by atoms with E-state index >= 15 is 0 Å². The van der Waals surface area contributed by atoms with Gasteiger partial charge in [0.1, 0.15) is 28.1 Å². The molecule has 0 spiro atoms. The number of thiophene rings is 1. The van der Waals surface area contributed by atoms with E-state index in [0.29, 0.717) is 11.8 Å². The molecule has 0 aliphatic heterocycles. The molecule has 51 heavy (non-hydrogen) atoms. The number of anilines is 6. The van der Waals surface area contributed by atoms with Crippen LogP contribution in [0.5, 0.6) is 0 Å². The van der Waals surface area contributed by atoms with E-state index in [-0.39, 0.29) is 0 Å². The second-order valence-corrected chi connectivity index (χ2v) is 13.5. The van der Waals surface area contributed by atoms with Crippen molar-refractivity contribution >= 4 is 110 Å². The fourth-order valence-electron chi connectivity index (χ4n) is 7.19. The van der Waals surface area contributed by atoms with Crippen LogP contribution in [0, 0.1) is 0 Å². The maximum absolute atomic E-state index is 6.25. The number of hydrogen-bond acceptors (Lipinski definition) is 8. The van der Waals surface area contributed by atoms with Crippen LogP contribution in [0.1, 0.15) is 0 Å². The molecular weight excluding hydrogens is 655 g/mol. The van der Waals surface area contributed by atoms with Crippen molar-refractivity contribution in [1.29, 1.82) is 0 Å². The summed E-state index contributed by atoms with van der Waals surface area (Å²) < 4.78 is 26.7. The Morgan fingerprint density at radius 1 is 0.431 bits per heavy atom. The Kier molecular flexibility index (Phi) is 5.99. The van der Waals surface area contributed by atoms with Crippen LogP contribution in [0.4, 0.5) is 34.6 Å². The van der Waals surface area contributed by atoms with E-state index in [4.69, 9.17) is 22.7 Å². The summed E-state index contributed by atoms with van der Waals surface area (Å²) in [4.78, 5) is 9.12. The lowest BCUT2D eigenvalue weighted by Gasteiger charge is -2.22. The van der Waals surface area contributed by atoms with Gasteiger partial charge >= 0.3 is 0 Å². The first-order chi connectivity index (χ1) is 25.2. The number of para-hydroxylation sites is 2. The van der Waals surface area contributed by atoms with E-state index in [1.165, 1.54) is 0 Å². The molecule has 242 valence electrons. The van der Waals surface area contributed by atoms with Gasteiger partial charge < -0.3 is 17.7 Å². The molecule has 5 aromatic carbocycles. The number of hydrogen-bond donors (Lipinski definition) is 0. The fraction of sp³-hybridized carbons (Fsp3) is 0. The maximum Gasteiger partial charge on any atom is 0.205 e. The van der Waals surface area contributed by atoms with E-state index < -0.39 is 0 Å². The van der Waals surface area contributed by atoms with Gasteiger partial charge in [0.05, 0.1) is 29.6 Å². The second-order valence-electron chi connectivity index (χ2n) is 12.5. The van der Waals surface area contributed by atoms with Crippen molar-refractivity contribution in [3.63, 3.8) is 0 Å². The van der Waals surface area contributed by atoms with Crippen LogP contribution in [0.25, 0.3) is 64.0 Å². The van der Waals surface area contributed by atoms with Crippen LogP contribution in [-0.4, -0.2) is 4.98 Å². The summed E-state index contributed by atoms with van der Waals surface area (Å²) in [7, 11) is 0. The largest absolute Gasteiger partial charge is 0.456 e. The van der Waals surface area contributed by atoms with Crippen LogP contribution < -0.4 is 9.80 Å². The minimum atomic E-state index is 0.663. The van der Waals surface area contributed by atoms with Crippen molar-refractivity contribution in [3.8, 4) is 0 Å². The van der Waals surface area contributed by atoms with Gasteiger partial charge in [0.15, 0.2) is 0 Å². The molecule has 0 fully saturated rings. The van der Waals surface area contributed by atoms with Crippen LogP contribution in [0.2, 0.25) is 0 Å². The third-order valence-electron chi connectivity index (χ3n) is 9.51. The number of benzene rings is 5. The molecule has 6 aromatic heterocycles. The van der Waals surface area contributed by atoms with Gasteiger partial charge in [-0.25, -0.2) is 4.98 Å². The molecule has 0 N–H and O–H groups in total. The van der Waals surface area contributed by atoms with E-state index in [1.54, 1.807) is 23.9 Å². The van der Waals surface area contributed by atoms with Crippen molar-refractivity contribution in [2.45, 2.75) is 0 Å². The first kappa shape index (κ1) is 28.1. The van der Waals surface area contributed by atoms with Gasteiger partial charge in [-0.1, -0.05) is 42.5 Å². The molecule has 6 heterocycles. The average molecular weight is 680 g/mol. The van der Waals surface area contributed by atoms with Crippen molar-refractivity contribution < 1.29 is 17.7 Å². The first-order valence-corrected chi connectivity index (χ1v) is 17.4. The Bertz CT molecular complexity index is 2860. The quantitative estimate of drug-likeness (QED) is 0.173. The van der Waals surface area contributed by atoms with Gasteiger partial charge in [-0.05, 0) is 66.7 Å². The van der Waals surface area contributed by atoms with Crippen LogP contribution in [0.15, 0.2) is 170 Å². The minimum absolute atomic E-state index is 0.663. The Labute approximate surface area is 293 Å². The van der Waals surface area contributed by atoms with Gasteiger partial charge in [-0.2, -0.15) is 0 Å². The number of nitrogens with zero attached hydrogens (tertiary/aromatic N) is 3. The highest BCUT2D eigenvalue weighted by molar-refractivity contribution is 7.25. The lowest BCUT2D eigenvalue weighted by Crippen LogP contribution is -2.10. The monoisotopic (exact) mass is 679 g/mol. The molecule has 0 aliphatic carbocycles. The summed E-state index contributed by atoms with van der Waals surface area (Å²) in [5.41, 5.74) is 6.17. The fourth-order valence-corrected chi connectivity index (χ4v) is 8.33. The summed E-state index contributed by atoms with van der Waals surface area (Å²) in [6, 6.07) is 45.1. The predicted octanol–water partition coefficient (Wildman–Crippen LogP) is 13.4. The number of pyridine rings is 1.